The van der Waals surface area contributed by atoms with E-state index in [0.717, 1.165) is 0 Å². The number of ether oxygens (including phenoxy) is 2. The highest BCUT2D eigenvalue weighted by Gasteiger charge is 2.45. The average Bonchev–Trinajstić information content (AvgIpc) is 3.07. The number of fused-ring (bicyclic) bond motifs is 1. The molecule has 4 atom stereocenters. The van der Waals surface area contributed by atoms with Crippen molar-refractivity contribution < 1.29 is 19.7 Å². The quantitative estimate of drug-likeness (QED) is 0.617. The third kappa shape index (κ3) is 2.49. The first-order chi connectivity index (χ1) is 11.0. The number of aromatic nitrogens is 4. The van der Waals surface area contributed by atoms with Crippen molar-refractivity contribution in [2.75, 3.05) is 32.7 Å². The lowest BCUT2D eigenvalue weighted by atomic mass is 10.1. The molecule has 0 aromatic carbocycles. The van der Waals surface area contributed by atoms with Crippen LogP contribution in [0.3, 0.4) is 0 Å². The van der Waals surface area contributed by atoms with Crippen molar-refractivity contribution in [3.05, 3.63) is 16.7 Å². The largest absolute Gasteiger partial charge is 0.394 e. The maximum absolute atomic E-state index is 12.1. The maximum atomic E-state index is 12.1. The lowest BCUT2D eigenvalue weighted by Gasteiger charge is -2.18. The number of aliphatic hydroxyl groups excluding tert-OH is 2. The van der Waals surface area contributed by atoms with E-state index in [4.69, 9.17) is 9.47 Å². The molecule has 3 heterocycles. The Hall–Kier alpha value is -2.01. The minimum Gasteiger partial charge on any atom is -0.394 e. The standard InChI is InChI=1S/C13H19N5O5/c1-17(2)13-15-10-7(11(21)16-13)14-5-18(10)12-8(20)9(22-3)6(4-19)23-12/h5-6,8-9,12,19-20H,4H2,1-3H3,(H,15,16,21)/t6-,8?,9?,12-/m1/s1. The second-order valence-electron chi connectivity index (χ2n) is 5.55. The number of aliphatic hydroxyl groups is 2. The highest BCUT2D eigenvalue weighted by molar-refractivity contribution is 5.71. The summed E-state index contributed by atoms with van der Waals surface area (Å²) >= 11 is 0. The van der Waals surface area contributed by atoms with Gasteiger partial charge >= 0.3 is 0 Å². The summed E-state index contributed by atoms with van der Waals surface area (Å²) in [6, 6.07) is 0. The number of hydrogen-bond acceptors (Lipinski definition) is 8. The summed E-state index contributed by atoms with van der Waals surface area (Å²) in [7, 11) is 4.92. The van der Waals surface area contributed by atoms with Crippen LogP contribution in [0.4, 0.5) is 5.95 Å². The highest BCUT2D eigenvalue weighted by Crippen LogP contribution is 2.32. The smallest absolute Gasteiger partial charge is 0.280 e. The molecule has 0 radical (unpaired) electrons. The Morgan fingerprint density at radius 1 is 1.52 bits per heavy atom. The van der Waals surface area contributed by atoms with Gasteiger partial charge in [-0.15, -0.1) is 0 Å². The van der Waals surface area contributed by atoms with E-state index in [9.17, 15) is 15.0 Å². The maximum Gasteiger partial charge on any atom is 0.280 e. The number of anilines is 1. The summed E-state index contributed by atoms with van der Waals surface area (Å²) in [6.45, 7) is -0.296. The lowest BCUT2D eigenvalue weighted by molar-refractivity contribution is -0.0535. The lowest BCUT2D eigenvalue weighted by Crippen LogP contribution is -2.35. The zero-order valence-electron chi connectivity index (χ0n) is 13.0. The number of hydrogen-bond donors (Lipinski definition) is 3. The molecule has 2 aromatic heterocycles. The number of aromatic amines is 1. The molecule has 2 unspecified atom stereocenters. The van der Waals surface area contributed by atoms with E-state index in [0.29, 0.717) is 5.95 Å². The zero-order chi connectivity index (χ0) is 16.7. The molecule has 0 aliphatic carbocycles. The first-order valence-corrected chi connectivity index (χ1v) is 7.09. The summed E-state index contributed by atoms with van der Waals surface area (Å²) in [6.07, 6.45) is -1.86. The number of H-pyrrole nitrogens is 1. The number of nitrogens with zero attached hydrogens (tertiary/aromatic N) is 4. The first-order valence-electron chi connectivity index (χ1n) is 7.09. The van der Waals surface area contributed by atoms with E-state index in [-0.39, 0.29) is 23.3 Å². The molecular weight excluding hydrogens is 306 g/mol. The molecule has 3 N–H and O–H groups in total. The minimum absolute atomic E-state index is 0.146. The van der Waals surface area contributed by atoms with Crippen molar-refractivity contribution in [2.45, 2.75) is 24.5 Å². The molecule has 0 amide bonds. The highest BCUT2D eigenvalue weighted by atomic mass is 16.6. The molecule has 0 saturated carbocycles. The van der Waals surface area contributed by atoms with Gasteiger partial charge in [-0.25, -0.2) is 4.98 Å². The Morgan fingerprint density at radius 3 is 2.83 bits per heavy atom. The summed E-state index contributed by atoms with van der Waals surface area (Å²) in [4.78, 5) is 24.8. The topological polar surface area (TPSA) is 126 Å². The molecule has 10 nitrogen and oxygen atoms in total. The van der Waals surface area contributed by atoms with Gasteiger partial charge in [0.1, 0.15) is 18.3 Å². The van der Waals surface area contributed by atoms with Crippen molar-refractivity contribution >= 4 is 17.1 Å². The Morgan fingerprint density at radius 2 is 2.26 bits per heavy atom. The van der Waals surface area contributed by atoms with Gasteiger partial charge in [-0.1, -0.05) is 0 Å². The molecule has 10 heteroatoms. The molecule has 0 bridgehead atoms. The van der Waals surface area contributed by atoms with Crippen molar-refractivity contribution in [3.63, 3.8) is 0 Å². The molecule has 23 heavy (non-hydrogen) atoms. The third-order valence-corrected chi connectivity index (χ3v) is 3.88. The number of imidazole rings is 1. The van der Waals surface area contributed by atoms with Crippen LogP contribution in [0.5, 0.6) is 0 Å². The summed E-state index contributed by atoms with van der Waals surface area (Å²) in [5.74, 6) is 0.360. The second-order valence-corrected chi connectivity index (χ2v) is 5.55. The van der Waals surface area contributed by atoms with E-state index in [1.807, 2.05) is 0 Å². The van der Waals surface area contributed by atoms with Gasteiger partial charge in [0.05, 0.1) is 12.9 Å². The van der Waals surface area contributed by atoms with E-state index in [1.54, 1.807) is 19.0 Å². The first kappa shape index (κ1) is 15.9. The van der Waals surface area contributed by atoms with E-state index < -0.39 is 24.5 Å². The van der Waals surface area contributed by atoms with Gasteiger partial charge in [-0.2, -0.15) is 4.98 Å². The van der Waals surface area contributed by atoms with Gasteiger partial charge in [0.2, 0.25) is 5.95 Å². The number of rotatable bonds is 4. The summed E-state index contributed by atoms with van der Waals surface area (Å²) in [5, 5.41) is 19.8. The SMILES string of the molecule is COC1C(O)[C@H](n2cnc3c(=O)[nH]c(N(C)C)nc32)O[C@@H]1CO. The summed E-state index contributed by atoms with van der Waals surface area (Å²) in [5.41, 5.74) is 0.0506. The van der Waals surface area contributed by atoms with Gasteiger partial charge in [0.15, 0.2) is 17.4 Å². The predicted octanol–water partition coefficient (Wildman–Crippen LogP) is -1.55. The third-order valence-electron chi connectivity index (χ3n) is 3.88. The molecule has 1 aliphatic heterocycles. The fourth-order valence-electron chi connectivity index (χ4n) is 2.70. The van der Waals surface area contributed by atoms with Gasteiger partial charge in [-0.3, -0.25) is 14.3 Å². The van der Waals surface area contributed by atoms with Crippen LogP contribution in [0.1, 0.15) is 6.23 Å². The minimum atomic E-state index is -1.03. The molecular formula is C13H19N5O5. The van der Waals surface area contributed by atoms with Crippen molar-refractivity contribution in [3.8, 4) is 0 Å². The summed E-state index contributed by atoms with van der Waals surface area (Å²) < 4.78 is 12.3. The number of nitrogens with one attached hydrogen (secondary N) is 1. The van der Waals surface area contributed by atoms with Gasteiger partial charge in [0.25, 0.3) is 5.56 Å². The Labute approximate surface area is 131 Å². The molecule has 126 valence electrons. The molecule has 1 aliphatic rings. The van der Waals surface area contributed by atoms with Crippen LogP contribution in [0.15, 0.2) is 11.1 Å². The van der Waals surface area contributed by atoms with Gasteiger partial charge in [0, 0.05) is 21.2 Å². The fraction of sp³-hybridized carbons (Fsp3) is 0.615. The van der Waals surface area contributed by atoms with Crippen LogP contribution in [0.2, 0.25) is 0 Å². The molecule has 3 rings (SSSR count). The molecule has 1 fully saturated rings. The van der Waals surface area contributed by atoms with Crippen LogP contribution in [-0.4, -0.2) is 75.9 Å². The molecule has 0 spiro atoms. The van der Waals surface area contributed by atoms with Crippen LogP contribution in [0.25, 0.3) is 11.2 Å². The van der Waals surface area contributed by atoms with E-state index in [1.165, 1.54) is 18.0 Å². The normalized spacial score (nSPS) is 27.7. The zero-order valence-corrected chi connectivity index (χ0v) is 13.0. The van der Waals surface area contributed by atoms with Crippen LogP contribution >= 0.6 is 0 Å². The van der Waals surface area contributed by atoms with Crippen LogP contribution in [-0.2, 0) is 9.47 Å². The van der Waals surface area contributed by atoms with Crippen molar-refractivity contribution in [2.24, 2.45) is 0 Å². The predicted molar refractivity (Wildman–Crippen MR) is 80.3 cm³/mol. The van der Waals surface area contributed by atoms with Gasteiger partial charge in [-0.05, 0) is 0 Å². The number of methoxy groups -OCH3 is 1. The van der Waals surface area contributed by atoms with Crippen molar-refractivity contribution in [1.82, 2.24) is 19.5 Å². The van der Waals surface area contributed by atoms with E-state index in [2.05, 4.69) is 15.0 Å². The Kier molecular flexibility index (Phi) is 4.06. The molecule has 2 aromatic rings. The monoisotopic (exact) mass is 325 g/mol. The molecule has 1 saturated heterocycles. The second kappa shape index (κ2) is 5.89. The average molecular weight is 325 g/mol. The van der Waals surface area contributed by atoms with Gasteiger partial charge < -0.3 is 24.6 Å². The Bertz CT molecular complexity index is 757. The van der Waals surface area contributed by atoms with Crippen LogP contribution in [0, 0.1) is 0 Å². The van der Waals surface area contributed by atoms with E-state index >= 15 is 0 Å². The fourth-order valence-corrected chi connectivity index (χ4v) is 2.70. The van der Waals surface area contributed by atoms with Crippen molar-refractivity contribution in [1.29, 1.82) is 0 Å². The van der Waals surface area contributed by atoms with Crippen LogP contribution < -0.4 is 10.5 Å². The Balaban J connectivity index is 2.08.